The van der Waals surface area contributed by atoms with Gasteiger partial charge in [-0.1, -0.05) is 18.2 Å². The molecule has 5 heteroatoms. The highest BCUT2D eigenvalue weighted by atomic mass is 19.1. The van der Waals surface area contributed by atoms with Gasteiger partial charge in [0, 0.05) is 17.3 Å². The van der Waals surface area contributed by atoms with Crippen LogP contribution in [0.2, 0.25) is 0 Å². The van der Waals surface area contributed by atoms with Crippen molar-refractivity contribution in [1.82, 2.24) is 0 Å². The fourth-order valence-electron chi connectivity index (χ4n) is 2.06. The molecule has 2 aromatic carbocycles. The Hall–Kier alpha value is -2.82. The van der Waals surface area contributed by atoms with Crippen LogP contribution in [0.25, 0.3) is 6.08 Å². The van der Waals surface area contributed by atoms with E-state index in [0.29, 0.717) is 28.3 Å². The fraction of sp³-hybridized carbons (Fsp3) is 0.167. The van der Waals surface area contributed by atoms with Crippen LogP contribution in [0.5, 0.6) is 11.5 Å². The summed E-state index contributed by atoms with van der Waals surface area (Å²) < 4.78 is 24.0. The van der Waals surface area contributed by atoms with Crippen molar-refractivity contribution in [3.05, 3.63) is 59.4 Å². The predicted octanol–water partition coefficient (Wildman–Crippen LogP) is 3.80. The number of carbonyl (C=O) groups excluding carboxylic acids is 1. The fourth-order valence-corrected chi connectivity index (χ4v) is 2.06. The number of anilines is 1. The molecule has 0 aromatic heterocycles. The second-order valence-electron chi connectivity index (χ2n) is 4.87. The van der Waals surface area contributed by atoms with Crippen molar-refractivity contribution in [2.45, 2.75) is 6.92 Å². The van der Waals surface area contributed by atoms with E-state index < -0.39 is 0 Å². The monoisotopic (exact) mass is 315 g/mol. The summed E-state index contributed by atoms with van der Waals surface area (Å²) in [6, 6.07) is 9.92. The van der Waals surface area contributed by atoms with Crippen molar-refractivity contribution in [2.75, 3.05) is 19.5 Å². The average Bonchev–Trinajstić information content (AvgIpc) is 2.55. The zero-order chi connectivity index (χ0) is 16.8. The van der Waals surface area contributed by atoms with E-state index in [-0.39, 0.29) is 11.7 Å². The zero-order valence-electron chi connectivity index (χ0n) is 13.2. The smallest absolute Gasteiger partial charge is 0.248 e. The van der Waals surface area contributed by atoms with Gasteiger partial charge in [0.25, 0.3) is 0 Å². The van der Waals surface area contributed by atoms with Crippen molar-refractivity contribution in [1.29, 1.82) is 0 Å². The summed E-state index contributed by atoms with van der Waals surface area (Å²) in [4.78, 5) is 11.9. The summed E-state index contributed by atoms with van der Waals surface area (Å²) in [6.07, 6.45) is 2.97. The molecular weight excluding hydrogens is 297 g/mol. The van der Waals surface area contributed by atoms with Gasteiger partial charge in [0.05, 0.1) is 14.2 Å². The first-order valence-electron chi connectivity index (χ1n) is 7.01. The van der Waals surface area contributed by atoms with Crippen molar-refractivity contribution in [3.63, 3.8) is 0 Å². The van der Waals surface area contributed by atoms with Gasteiger partial charge in [0.15, 0.2) is 11.5 Å². The van der Waals surface area contributed by atoms with Crippen LogP contribution in [0.1, 0.15) is 11.1 Å². The molecule has 2 aromatic rings. The first kappa shape index (κ1) is 16.5. The van der Waals surface area contributed by atoms with Gasteiger partial charge in [-0.15, -0.1) is 0 Å². The van der Waals surface area contributed by atoms with E-state index in [2.05, 4.69) is 5.32 Å². The number of hydrogen-bond acceptors (Lipinski definition) is 3. The maximum absolute atomic E-state index is 13.5. The lowest BCUT2D eigenvalue weighted by Gasteiger charge is -2.09. The lowest BCUT2D eigenvalue weighted by molar-refractivity contribution is -0.111. The third-order valence-electron chi connectivity index (χ3n) is 3.29. The van der Waals surface area contributed by atoms with Crippen LogP contribution >= 0.6 is 0 Å². The average molecular weight is 315 g/mol. The predicted molar refractivity (Wildman–Crippen MR) is 88.3 cm³/mol. The molecule has 1 amide bonds. The van der Waals surface area contributed by atoms with Gasteiger partial charge in [-0.2, -0.15) is 0 Å². The molecule has 0 heterocycles. The van der Waals surface area contributed by atoms with Gasteiger partial charge < -0.3 is 14.8 Å². The molecule has 0 aliphatic carbocycles. The van der Waals surface area contributed by atoms with Crippen LogP contribution in [0.4, 0.5) is 10.1 Å². The van der Waals surface area contributed by atoms with E-state index >= 15 is 0 Å². The summed E-state index contributed by atoms with van der Waals surface area (Å²) in [7, 11) is 3.08. The molecule has 0 fully saturated rings. The summed E-state index contributed by atoms with van der Waals surface area (Å²) in [5.41, 5.74) is 1.64. The largest absolute Gasteiger partial charge is 0.493 e. The number of rotatable bonds is 5. The summed E-state index contributed by atoms with van der Waals surface area (Å²) in [5, 5.41) is 2.61. The highest BCUT2D eigenvalue weighted by Gasteiger charge is 2.07. The third kappa shape index (κ3) is 4.10. The summed E-state index contributed by atoms with van der Waals surface area (Å²) in [5.74, 6) is 0.399. The number of hydrogen-bond donors (Lipinski definition) is 1. The number of nitrogens with one attached hydrogen (secondary N) is 1. The third-order valence-corrected chi connectivity index (χ3v) is 3.29. The molecule has 0 atom stereocenters. The number of benzene rings is 2. The molecule has 2 rings (SSSR count). The standard InChI is InChI=1S/C18H18FNO3/c1-12-7-9-14(11-15(12)19)20-17(21)10-8-13-5-4-6-16(22-2)18(13)23-3/h4-11H,1-3H3,(H,20,21)/b10-8+. The summed E-state index contributed by atoms with van der Waals surface area (Å²) >= 11 is 0. The number of halogens is 1. The lowest BCUT2D eigenvalue weighted by atomic mass is 10.1. The Morgan fingerprint density at radius 2 is 1.96 bits per heavy atom. The van der Waals surface area contributed by atoms with Gasteiger partial charge in [-0.3, -0.25) is 4.79 Å². The Kier molecular flexibility index (Phi) is 5.36. The normalized spacial score (nSPS) is 10.6. The van der Waals surface area contributed by atoms with E-state index in [0.717, 1.165) is 0 Å². The van der Waals surface area contributed by atoms with E-state index in [1.807, 2.05) is 0 Å². The maximum atomic E-state index is 13.5. The molecule has 0 saturated carbocycles. The van der Waals surface area contributed by atoms with Crippen LogP contribution in [-0.2, 0) is 4.79 Å². The van der Waals surface area contributed by atoms with Gasteiger partial charge in [0.1, 0.15) is 5.82 Å². The van der Waals surface area contributed by atoms with Crippen molar-refractivity contribution in [3.8, 4) is 11.5 Å². The molecular formula is C18H18FNO3. The highest BCUT2D eigenvalue weighted by molar-refractivity contribution is 6.02. The second kappa shape index (κ2) is 7.45. The molecule has 23 heavy (non-hydrogen) atoms. The molecule has 4 nitrogen and oxygen atoms in total. The lowest BCUT2D eigenvalue weighted by Crippen LogP contribution is -2.08. The topological polar surface area (TPSA) is 47.6 Å². The quantitative estimate of drug-likeness (QED) is 0.854. The molecule has 0 aliphatic rings. The molecule has 0 spiro atoms. The zero-order valence-corrected chi connectivity index (χ0v) is 13.2. The SMILES string of the molecule is COc1cccc(/C=C/C(=O)Nc2ccc(C)c(F)c2)c1OC. The number of aryl methyl sites for hydroxylation is 1. The number of ether oxygens (including phenoxy) is 2. The van der Waals surface area contributed by atoms with Crippen LogP contribution in [0, 0.1) is 12.7 Å². The van der Waals surface area contributed by atoms with E-state index in [4.69, 9.17) is 9.47 Å². The Labute approximate surface area is 134 Å². The van der Waals surface area contributed by atoms with E-state index in [1.54, 1.807) is 50.4 Å². The van der Waals surface area contributed by atoms with Crippen molar-refractivity contribution < 1.29 is 18.7 Å². The second-order valence-corrected chi connectivity index (χ2v) is 4.87. The van der Waals surface area contributed by atoms with Crippen LogP contribution in [0.3, 0.4) is 0 Å². The molecule has 120 valence electrons. The van der Waals surface area contributed by atoms with Gasteiger partial charge in [-0.05, 0) is 36.8 Å². The highest BCUT2D eigenvalue weighted by Crippen LogP contribution is 2.31. The van der Waals surface area contributed by atoms with E-state index in [1.165, 1.54) is 19.3 Å². The molecule has 0 saturated heterocycles. The molecule has 0 unspecified atom stereocenters. The van der Waals surface area contributed by atoms with Crippen molar-refractivity contribution >= 4 is 17.7 Å². The van der Waals surface area contributed by atoms with Gasteiger partial charge in [-0.25, -0.2) is 4.39 Å². The van der Waals surface area contributed by atoms with Crippen LogP contribution in [0.15, 0.2) is 42.5 Å². The molecule has 0 aliphatic heterocycles. The Balaban J connectivity index is 2.13. The minimum absolute atomic E-state index is 0.360. The first-order valence-corrected chi connectivity index (χ1v) is 7.01. The van der Waals surface area contributed by atoms with Gasteiger partial charge in [0.2, 0.25) is 5.91 Å². The molecule has 1 N–H and O–H groups in total. The molecule has 0 bridgehead atoms. The molecule has 0 radical (unpaired) electrons. The van der Waals surface area contributed by atoms with E-state index in [9.17, 15) is 9.18 Å². The number of carbonyl (C=O) groups is 1. The Morgan fingerprint density at radius 1 is 1.17 bits per heavy atom. The van der Waals surface area contributed by atoms with Crippen molar-refractivity contribution in [2.24, 2.45) is 0 Å². The maximum Gasteiger partial charge on any atom is 0.248 e. The van der Waals surface area contributed by atoms with Gasteiger partial charge >= 0.3 is 0 Å². The first-order chi connectivity index (χ1) is 11.0. The number of methoxy groups -OCH3 is 2. The van der Waals surface area contributed by atoms with Crippen LogP contribution < -0.4 is 14.8 Å². The summed E-state index contributed by atoms with van der Waals surface area (Å²) in [6.45, 7) is 1.66. The minimum atomic E-state index is -0.363. The number of para-hydroxylation sites is 1. The minimum Gasteiger partial charge on any atom is -0.493 e. The van der Waals surface area contributed by atoms with Crippen LogP contribution in [-0.4, -0.2) is 20.1 Å². The Bertz CT molecular complexity index is 741. The Morgan fingerprint density at radius 3 is 2.61 bits per heavy atom. The number of amides is 1.